The molecule has 0 saturated heterocycles. The summed E-state index contributed by atoms with van der Waals surface area (Å²) in [6.45, 7) is 4.15. The first-order valence-electron chi connectivity index (χ1n) is 8.88. The van der Waals surface area contributed by atoms with Gasteiger partial charge in [0.1, 0.15) is 18.2 Å². The van der Waals surface area contributed by atoms with Gasteiger partial charge in [-0.1, -0.05) is 56.3 Å². The summed E-state index contributed by atoms with van der Waals surface area (Å²) in [6, 6.07) is 18.7. The molecule has 5 heteroatoms. The molecule has 1 heterocycles. The van der Waals surface area contributed by atoms with Crippen LogP contribution in [-0.2, 0) is 11.3 Å². The smallest absolute Gasteiger partial charge is 0.240 e. The predicted octanol–water partition coefficient (Wildman–Crippen LogP) is 3.39. The number of aromatic nitrogens is 1. The number of carbonyl (C=O) groups excluding carboxylic acids is 1. The number of nitriles is 1. The lowest BCUT2D eigenvalue weighted by atomic mass is 9.96. The van der Waals surface area contributed by atoms with E-state index in [4.69, 9.17) is 0 Å². The number of carbonyl (C=O) groups is 1. The predicted molar refractivity (Wildman–Crippen MR) is 105 cm³/mol. The first-order valence-corrected chi connectivity index (χ1v) is 8.88. The Bertz CT molecular complexity index is 1060. The molecule has 3 aromatic rings. The van der Waals surface area contributed by atoms with Crippen molar-refractivity contribution in [2.45, 2.75) is 26.4 Å². The fraction of sp³-hybridized carbons (Fsp3) is 0.227. The summed E-state index contributed by atoms with van der Waals surface area (Å²) in [6.07, 6.45) is 1.46. The minimum atomic E-state index is -0.311. The lowest BCUT2D eigenvalue weighted by Crippen LogP contribution is -2.34. The van der Waals surface area contributed by atoms with Crippen molar-refractivity contribution < 1.29 is 4.79 Å². The van der Waals surface area contributed by atoms with Gasteiger partial charge >= 0.3 is 0 Å². The summed E-state index contributed by atoms with van der Waals surface area (Å²) in [5.41, 5.74) is 1.40. The molecule has 0 fully saturated rings. The molecular weight excluding hydrogens is 338 g/mol. The first kappa shape index (κ1) is 18.4. The molecule has 0 aliphatic rings. The Morgan fingerprint density at radius 2 is 1.78 bits per heavy atom. The highest BCUT2D eigenvalue weighted by Gasteiger charge is 2.19. The maximum atomic E-state index is 12.7. The number of pyridine rings is 1. The lowest BCUT2D eigenvalue weighted by molar-refractivity contribution is -0.122. The molecule has 0 saturated carbocycles. The van der Waals surface area contributed by atoms with Gasteiger partial charge in [0.05, 0.1) is 11.6 Å². The summed E-state index contributed by atoms with van der Waals surface area (Å²) in [5, 5.41) is 12.8. The minimum Gasteiger partial charge on any atom is -0.347 e. The van der Waals surface area contributed by atoms with Gasteiger partial charge in [0.15, 0.2) is 0 Å². The van der Waals surface area contributed by atoms with E-state index in [1.807, 2.05) is 42.5 Å². The molecule has 0 bridgehead atoms. The van der Waals surface area contributed by atoms with Gasteiger partial charge in [0, 0.05) is 11.6 Å². The SMILES string of the molecule is CC(C)C(NC(=O)Cn1cc(C#N)c(=O)c2ccccc21)c1ccccc1. The molecule has 1 aromatic heterocycles. The third kappa shape index (κ3) is 3.90. The van der Waals surface area contributed by atoms with Crippen molar-refractivity contribution in [3.8, 4) is 6.07 Å². The molecule has 27 heavy (non-hydrogen) atoms. The van der Waals surface area contributed by atoms with Gasteiger partial charge in [-0.25, -0.2) is 0 Å². The minimum absolute atomic E-state index is 0.0324. The van der Waals surface area contributed by atoms with Crippen LogP contribution in [0.4, 0.5) is 0 Å². The van der Waals surface area contributed by atoms with E-state index in [1.165, 1.54) is 6.20 Å². The van der Waals surface area contributed by atoms with Crippen LogP contribution in [-0.4, -0.2) is 10.5 Å². The molecule has 0 radical (unpaired) electrons. The van der Waals surface area contributed by atoms with E-state index in [0.29, 0.717) is 10.9 Å². The van der Waals surface area contributed by atoms with Crippen molar-refractivity contribution in [2.24, 2.45) is 5.92 Å². The van der Waals surface area contributed by atoms with Crippen LogP contribution < -0.4 is 10.7 Å². The average molecular weight is 359 g/mol. The second kappa shape index (κ2) is 7.88. The monoisotopic (exact) mass is 359 g/mol. The Labute approximate surface area is 157 Å². The van der Waals surface area contributed by atoms with Crippen molar-refractivity contribution in [1.82, 2.24) is 9.88 Å². The molecular formula is C22H21N3O2. The summed E-state index contributed by atoms with van der Waals surface area (Å²) < 4.78 is 1.66. The fourth-order valence-electron chi connectivity index (χ4n) is 3.22. The summed E-state index contributed by atoms with van der Waals surface area (Å²) in [7, 11) is 0. The van der Waals surface area contributed by atoms with Crippen molar-refractivity contribution in [2.75, 3.05) is 0 Å². The molecule has 2 aromatic carbocycles. The van der Waals surface area contributed by atoms with E-state index in [1.54, 1.807) is 22.8 Å². The topological polar surface area (TPSA) is 74.9 Å². The Morgan fingerprint density at radius 1 is 1.11 bits per heavy atom. The third-order valence-corrected chi connectivity index (χ3v) is 4.56. The van der Waals surface area contributed by atoms with Crippen LogP contribution in [0.1, 0.15) is 31.0 Å². The number of hydrogen-bond donors (Lipinski definition) is 1. The number of benzene rings is 2. The maximum absolute atomic E-state index is 12.7. The zero-order chi connectivity index (χ0) is 19.4. The van der Waals surface area contributed by atoms with Gasteiger partial charge < -0.3 is 9.88 Å². The van der Waals surface area contributed by atoms with Crippen LogP contribution in [0.25, 0.3) is 10.9 Å². The standard InChI is InChI=1S/C22H21N3O2/c1-15(2)21(16-8-4-3-5-9-16)24-20(26)14-25-13-17(12-23)22(27)18-10-6-7-11-19(18)25/h3-11,13,15,21H,14H2,1-2H3,(H,24,26). The highest BCUT2D eigenvalue weighted by Crippen LogP contribution is 2.21. The summed E-state index contributed by atoms with van der Waals surface area (Å²) in [5.74, 6) is 0.0482. The highest BCUT2D eigenvalue weighted by molar-refractivity contribution is 5.83. The third-order valence-electron chi connectivity index (χ3n) is 4.56. The quantitative estimate of drug-likeness (QED) is 0.759. The van der Waals surface area contributed by atoms with E-state index >= 15 is 0 Å². The van der Waals surface area contributed by atoms with Gasteiger partial charge in [0.2, 0.25) is 11.3 Å². The van der Waals surface area contributed by atoms with Gasteiger partial charge in [-0.2, -0.15) is 5.26 Å². The number of nitrogens with one attached hydrogen (secondary N) is 1. The Balaban J connectivity index is 1.91. The van der Waals surface area contributed by atoms with Crippen LogP contribution >= 0.6 is 0 Å². The van der Waals surface area contributed by atoms with Crippen LogP contribution in [0.2, 0.25) is 0 Å². The average Bonchev–Trinajstić information content (AvgIpc) is 2.69. The van der Waals surface area contributed by atoms with E-state index in [-0.39, 0.29) is 35.4 Å². The summed E-state index contributed by atoms with van der Waals surface area (Å²) in [4.78, 5) is 25.0. The van der Waals surface area contributed by atoms with E-state index in [9.17, 15) is 14.9 Å². The zero-order valence-electron chi connectivity index (χ0n) is 15.3. The van der Waals surface area contributed by atoms with Gasteiger partial charge in [-0.15, -0.1) is 0 Å². The molecule has 1 amide bonds. The second-order valence-corrected chi connectivity index (χ2v) is 6.83. The van der Waals surface area contributed by atoms with E-state index in [0.717, 1.165) is 5.56 Å². The van der Waals surface area contributed by atoms with Crippen molar-refractivity contribution in [3.05, 3.63) is 82.1 Å². The molecule has 0 aliphatic heterocycles. The van der Waals surface area contributed by atoms with Gasteiger partial charge in [0.25, 0.3) is 0 Å². The Hall–Kier alpha value is -3.39. The normalized spacial score (nSPS) is 11.9. The number of nitrogens with zero attached hydrogens (tertiary/aromatic N) is 2. The molecule has 0 aliphatic carbocycles. The van der Waals surface area contributed by atoms with Crippen LogP contribution in [0, 0.1) is 17.2 Å². The fourth-order valence-corrected chi connectivity index (χ4v) is 3.22. The highest BCUT2D eigenvalue weighted by atomic mass is 16.2. The number of para-hydroxylation sites is 1. The van der Waals surface area contributed by atoms with E-state index < -0.39 is 0 Å². The Morgan fingerprint density at radius 3 is 2.44 bits per heavy atom. The van der Waals surface area contributed by atoms with Gasteiger partial charge in [-0.05, 0) is 23.6 Å². The van der Waals surface area contributed by atoms with Crippen LogP contribution in [0.15, 0.2) is 65.6 Å². The van der Waals surface area contributed by atoms with E-state index in [2.05, 4.69) is 19.2 Å². The summed E-state index contributed by atoms with van der Waals surface area (Å²) >= 11 is 0. The molecule has 136 valence electrons. The van der Waals surface area contributed by atoms with Crippen molar-refractivity contribution in [3.63, 3.8) is 0 Å². The van der Waals surface area contributed by atoms with Crippen molar-refractivity contribution in [1.29, 1.82) is 5.26 Å². The number of hydrogen-bond acceptors (Lipinski definition) is 3. The second-order valence-electron chi connectivity index (χ2n) is 6.83. The van der Waals surface area contributed by atoms with Crippen molar-refractivity contribution >= 4 is 16.8 Å². The molecule has 5 nitrogen and oxygen atoms in total. The molecule has 3 rings (SSSR count). The van der Waals surface area contributed by atoms with Gasteiger partial charge in [-0.3, -0.25) is 9.59 Å². The molecule has 1 unspecified atom stereocenters. The number of fused-ring (bicyclic) bond motifs is 1. The van der Waals surface area contributed by atoms with Crippen LogP contribution in [0.5, 0.6) is 0 Å². The largest absolute Gasteiger partial charge is 0.347 e. The molecule has 0 spiro atoms. The molecule has 1 atom stereocenters. The number of amides is 1. The first-order chi connectivity index (χ1) is 13.0. The molecule has 1 N–H and O–H groups in total. The zero-order valence-corrected chi connectivity index (χ0v) is 15.3. The maximum Gasteiger partial charge on any atom is 0.240 e. The Kier molecular flexibility index (Phi) is 5.37. The number of rotatable bonds is 5. The lowest BCUT2D eigenvalue weighted by Gasteiger charge is -2.23. The van der Waals surface area contributed by atoms with Crippen LogP contribution in [0.3, 0.4) is 0 Å².